The van der Waals surface area contributed by atoms with E-state index in [0.29, 0.717) is 17.0 Å². The van der Waals surface area contributed by atoms with Crippen LogP contribution in [0.4, 0.5) is 5.69 Å². The highest BCUT2D eigenvalue weighted by Gasteiger charge is 2.04. The number of ether oxygens (including phenoxy) is 1. The molecule has 0 unspecified atom stereocenters. The van der Waals surface area contributed by atoms with Gasteiger partial charge in [0.1, 0.15) is 5.75 Å². The molecular formula is C15H11BrN2O2. The van der Waals surface area contributed by atoms with Crippen LogP contribution >= 0.6 is 15.9 Å². The highest BCUT2D eigenvalue weighted by Crippen LogP contribution is 2.16. The molecule has 0 bridgehead atoms. The van der Waals surface area contributed by atoms with Crippen molar-refractivity contribution in [3.8, 4) is 11.8 Å². The molecule has 0 radical (unpaired) electrons. The van der Waals surface area contributed by atoms with Crippen LogP contribution in [0.3, 0.4) is 0 Å². The number of nitriles is 1. The van der Waals surface area contributed by atoms with Crippen molar-refractivity contribution in [2.24, 2.45) is 0 Å². The predicted octanol–water partition coefficient (Wildman–Crippen LogP) is 3.34. The number of amides is 1. The SMILES string of the molecule is N#Cc1cccc(NC(=O)COc2ccc(Br)cc2)c1. The van der Waals surface area contributed by atoms with Crippen LogP contribution in [0, 0.1) is 11.3 Å². The molecule has 4 nitrogen and oxygen atoms in total. The number of rotatable bonds is 4. The second-order valence-corrected chi connectivity index (χ2v) is 4.90. The second kappa shape index (κ2) is 6.73. The van der Waals surface area contributed by atoms with Gasteiger partial charge in [0.25, 0.3) is 5.91 Å². The van der Waals surface area contributed by atoms with Gasteiger partial charge in [-0.2, -0.15) is 5.26 Å². The Bertz CT molecular complexity index is 648. The number of carbonyl (C=O) groups excluding carboxylic acids is 1. The molecule has 0 aliphatic carbocycles. The summed E-state index contributed by atoms with van der Waals surface area (Å²) in [5, 5.41) is 11.5. The summed E-state index contributed by atoms with van der Waals surface area (Å²) < 4.78 is 6.30. The molecule has 0 heterocycles. The average Bonchev–Trinajstić information content (AvgIpc) is 2.47. The maximum atomic E-state index is 11.7. The summed E-state index contributed by atoms with van der Waals surface area (Å²) in [5.41, 5.74) is 1.07. The average molecular weight is 331 g/mol. The molecule has 1 N–H and O–H groups in total. The van der Waals surface area contributed by atoms with Crippen LogP contribution in [-0.4, -0.2) is 12.5 Å². The van der Waals surface area contributed by atoms with Gasteiger partial charge >= 0.3 is 0 Å². The smallest absolute Gasteiger partial charge is 0.262 e. The molecule has 0 spiro atoms. The van der Waals surface area contributed by atoms with Gasteiger partial charge in [-0.15, -0.1) is 0 Å². The molecule has 0 atom stereocenters. The fourth-order valence-electron chi connectivity index (χ4n) is 1.54. The van der Waals surface area contributed by atoms with Crippen LogP contribution in [0.25, 0.3) is 0 Å². The Hall–Kier alpha value is -2.32. The van der Waals surface area contributed by atoms with E-state index in [-0.39, 0.29) is 12.5 Å². The summed E-state index contributed by atoms with van der Waals surface area (Å²) in [7, 11) is 0. The Morgan fingerprint density at radius 2 is 2.00 bits per heavy atom. The third kappa shape index (κ3) is 4.11. The molecule has 0 fully saturated rings. The van der Waals surface area contributed by atoms with Gasteiger partial charge in [-0.25, -0.2) is 0 Å². The minimum atomic E-state index is -0.275. The van der Waals surface area contributed by atoms with Gasteiger partial charge in [0.05, 0.1) is 11.6 Å². The van der Waals surface area contributed by atoms with Crippen LogP contribution in [0.5, 0.6) is 5.75 Å². The van der Waals surface area contributed by atoms with Crippen molar-refractivity contribution in [3.05, 3.63) is 58.6 Å². The number of anilines is 1. The molecule has 20 heavy (non-hydrogen) atoms. The van der Waals surface area contributed by atoms with Crippen molar-refractivity contribution in [2.75, 3.05) is 11.9 Å². The summed E-state index contributed by atoms with van der Waals surface area (Å²) >= 11 is 3.32. The fraction of sp³-hybridized carbons (Fsp3) is 0.0667. The number of nitrogens with one attached hydrogen (secondary N) is 1. The lowest BCUT2D eigenvalue weighted by Crippen LogP contribution is -2.20. The lowest BCUT2D eigenvalue weighted by atomic mass is 10.2. The van der Waals surface area contributed by atoms with E-state index in [1.165, 1.54) is 0 Å². The van der Waals surface area contributed by atoms with Crippen LogP contribution in [0.1, 0.15) is 5.56 Å². The van der Waals surface area contributed by atoms with Gasteiger partial charge in [0, 0.05) is 10.2 Å². The standard InChI is InChI=1S/C15H11BrN2O2/c16-12-4-6-14(7-5-12)20-10-15(19)18-13-3-1-2-11(8-13)9-17/h1-8H,10H2,(H,18,19). The lowest BCUT2D eigenvalue weighted by molar-refractivity contribution is -0.118. The summed E-state index contributed by atoms with van der Waals surface area (Å²) in [6.45, 7) is -0.0849. The van der Waals surface area contributed by atoms with E-state index in [2.05, 4.69) is 21.2 Å². The van der Waals surface area contributed by atoms with E-state index < -0.39 is 0 Å². The Morgan fingerprint density at radius 3 is 2.70 bits per heavy atom. The maximum Gasteiger partial charge on any atom is 0.262 e. The first-order valence-electron chi connectivity index (χ1n) is 5.86. The van der Waals surface area contributed by atoms with Gasteiger partial charge in [-0.3, -0.25) is 4.79 Å². The lowest BCUT2D eigenvalue weighted by Gasteiger charge is -2.07. The Labute approximate surface area is 125 Å². The summed E-state index contributed by atoms with van der Waals surface area (Å²) in [5.74, 6) is 0.345. The Balaban J connectivity index is 1.89. The van der Waals surface area contributed by atoms with E-state index in [1.54, 1.807) is 36.4 Å². The highest BCUT2D eigenvalue weighted by molar-refractivity contribution is 9.10. The number of hydrogen-bond acceptors (Lipinski definition) is 3. The van der Waals surface area contributed by atoms with E-state index in [1.807, 2.05) is 18.2 Å². The molecule has 2 aromatic carbocycles. The molecule has 0 saturated heterocycles. The predicted molar refractivity (Wildman–Crippen MR) is 79.4 cm³/mol. The minimum absolute atomic E-state index is 0.0849. The number of nitrogens with zero attached hydrogens (tertiary/aromatic N) is 1. The third-order valence-electron chi connectivity index (χ3n) is 2.46. The first-order valence-corrected chi connectivity index (χ1v) is 6.65. The van der Waals surface area contributed by atoms with Gasteiger partial charge in [0.15, 0.2) is 6.61 Å². The van der Waals surface area contributed by atoms with Crippen molar-refractivity contribution in [2.45, 2.75) is 0 Å². The van der Waals surface area contributed by atoms with Crippen molar-refractivity contribution in [3.63, 3.8) is 0 Å². The second-order valence-electron chi connectivity index (χ2n) is 3.98. The molecular weight excluding hydrogens is 320 g/mol. The topological polar surface area (TPSA) is 62.1 Å². The summed E-state index contributed by atoms with van der Waals surface area (Å²) in [6.07, 6.45) is 0. The zero-order valence-corrected chi connectivity index (χ0v) is 12.1. The van der Waals surface area contributed by atoms with Gasteiger partial charge in [-0.05, 0) is 42.5 Å². The number of benzene rings is 2. The molecule has 5 heteroatoms. The van der Waals surface area contributed by atoms with Crippen LogP contribution in [0.2, 0.25) is 0 Å². The van der Waals surface area contributed by atoms with Crippen molar-refractivity contribution in [1.29, 1.82) is 5.26 Å². The third-order valence-corrected chi connectivity index (χ3v) is 2.99. The first-order chi connectivity index (χ1) is 9.67. The molecule has 100 valence electrons. The zero-order chi connectivity index (χ0) is 14.4. The number of hydrogen-bond donors (Lipinski definition) is 1. The van der Waals surface area contributed by atoms with E-state index in [0.717, 1.165) is 4.47 Å². The normalized spacial score (nSPS) is 9.60. The first kappa shape index (κ1) is 14.1. The van der Waals surface area contributed by atoms with Crippen molar-refractivity contribution in [1.82, 2.24) is 0 Å². The number of carbonyl (C=O) groups is 1. The molecule has 0 aliphatic rings. The summed E-state index contributed by atoms with van der Waals surface area (Å²) in [6, 6.07) is 15.9. The molecule has 0 aliphatic heterocycles. The van der Waals surface area contributed by atoms with Crippen molar-refractivity contribution < 1.29 is 9.53 Å². The monoisotopic (exact) mass is 330 g/mol. The molecule has 2 rings (SSSR count). The van der Waals surface area contributed by atoms with Crippen molar-refractivity contribution >= 4 is 27.5 Å². The largest absolute Gasteiger partial charge is 0.484 e. The van der Waals surface area contributed by atoms with E-state index in [9.17, 15) is 4.79 Å². The highest BCUT2D eigenvalue weighted by atomic mass is 79.9. The van der Waals surface area contributed by atoms with E-state index >= 15 is 0 Å². The summed E-state index contributed by atoms with van der Waals surface area (Å²) in [4.78, 5) is 11.7. The maximum absolute atomic E-state index is 11.7. The molecule has 2 aromatic rings. The molecule has 0 aromatic heterocycles. The molecule has 1 amide bonds. The number of halogens is 1. The van der Waals surface area contributed by atoms with Crippen LogP contribution < -0.4 is 10.1 Å². The Morgan fingerprint density at radius 1 is 1.25 bits per heavy atom. The zero-order valence-electron chi connectivity index (χ0n) is 10.5. The fourth-order valence-corrected chi connectivity index (χ4v) is 1.81. The molecule has 0 saturated carbocycles. The van der Waals surface area contributed by atoms with Gasteiger partial charge < -0.3 is 10.1 Å². The van der Waals surface area contributed by atoms with Crippen LogP contribution in [0.15, 0.2) is 53.0 Å². The van der Waals surface area contributed by atoms with Gasteiger partial charge in [0.2, 0.25) is 0 Å². The van der Waals surface area contributed by atoms with Gasteiger partial charge in [-0.1, -0.05) is 22.0 Å². The Kier molecular flexibility index (Phi) is 4.75. The quantitative estimate of drug-likeness (QED) is 0.935. The minimum Gasteiger partial charge on any atom is -0.484 e. The van der Waals surface area contributed by atoms with E-state index in [4.69, 9.17) is 10.00 Å². The van der Waals surface area contributed by atoms with Crippen LogP contribution in [-0.2, 0) is 4.79 Å².